The molecule has 5 N–H and O–H groups in total. The van der Waals surface area contributed by atoms with Crippen LogP contribution in [-0.4, -0.2) is 208 Å². The zero-order valence-electron chi connectivity index (χ0n) is 37.2. The second-order valence-electron chi connectivity index (χ2n) is 13.3. The number of carbonyl (C=O) groups is 4. The van der Waals surface area contributed by atoms with Crippen LogP contribution in [0.25, 0.3) is 0 Å². The average Bonchev–Trinajstić information content (AvgIpc) is 3.25. The summed E-state index contributed by atoms with van der Waals surface area (Å²) in [5, 5.41) is 8.32. The number of unbranched alkanes of at least 4 members (excludes halogenated alkanes) is 1. The third kappa shape index (κ3) is 45.4. The van der Waals surface area contributed by atoms with Crippen LogP contribution < -0.4 is 21.7 Å². The number of ketones is 1. The van der Waals surface area contributed by atoms with Crippen LogP contribution in [0.1, 0.15) is 58.8 Å². The first-order valence-corrected chi connectivity index (χ1v) is 21.9. The minimum absolute atomic E-state index is 0.0698. The fourth-order valence-electron chi connectivity index (χ4n) is 4.87. The first-order chi connectivity index (χ1) is 29.9. The lowest BCUT2D eigenvalue weighted by Gasteiger charge is -2.18. The second-order valence-corrected chi connectivity index (χ2v) is 13.3. The Labute approximate surface area is 363 Å². The number of rotatable bonds is 50. The predicted octanol–water partition coefficient (Wildman–Crippen LogP) is 0.201. The molecule has 0 aliphatic carbocycles. The van der Waals surface area contributed by atoms with Crippen LogP contribution in [0.15, 0.2) is 0 Å². The lowest BCUT2D eigenvalue weighted by Crippen LogP contribution is -2.42. The average molecular weight is 885 g/mol. The molecule has 360 valence electrons. The minimum Gasteiger partial charge on any atom is -0.379 e. The summed E-state index contributed by atoms with van der Waals surface area (Å²) in [6, 6.07) is -0.697. The van der Waals surface area contributed by atoms with Crippen molar-refractivity contribution in [3.63, 3.8) is 0 Å². The Bertz CT molecular complexity index is 1000. The van der Waals surface area contributed by atoms with Crippen molar-refractivity contribution in [1.82, 2.24) is 16.0 Å². The van der Waals surface area contributed by atoms with Crippen LogP contribution in [0.4, 0.5) is 0 Å². The van der Waals surface area contributed by atoms with Crippen molar-refractivity contribution in [2.24, 2.45) is 5.73 Å². The first-order valence-electron chi connectivity index (χ1n) is 21.9. The molecule has 0 rings (SSSR count). The van der Waals surface area contributed by atoms with E-state index in [9.17, 15) is 19.2 Å². The summed E-state index contributed by atoms with van der Waals surface area (Å²) in [6.07, 6.45) is 4.29. The van der Waals surface area contributed by atoms with E-state index < -0.39 is 11.9 Å². The molecule has 0 aromatic carbocycles. The highest BCUT2D eigenvalue weighted by Crippen LogP contribution is 2.07. The molecule has 20 heteroatoms. The number of nitrogens with two attached hydrogens (primary N) is 1. The van der Waals surface area contributed by atoms with Crippen molar-refractivity contribution >= 4 is 23.5 Å². The molecule has 0 spiro atoms. The van der Waals surface area contributed by atoms with Crippen LogP contribution in [0.3, 0.4) is 0 Å². The molecular weight excluding hydrogens is 804 g/mol. The van der Waals surface area contributed by atoms with E-state index >= 15 is 0 Å². The highest BCUT2D eigenvalue weighted by atomic mass is 16.6. The molecule has 0 aliphatic rings. The van der Waals surface area contributed by atoms with Crippen molar-refractivity contribution < 1.29 is 76.0 Å². The fourth-order valence-corrected chi connectivity index (χ4v) is 4.87. The summed E-state index contributed by atoms with van der Waals surface area (Å²) in [5.74, 6) is -0.999. The predicted molar refractivity (Wildman–Crippen MR) is 226 cm³/mol. The normalized spacial score (nSPS) is 11.8. The van der Waals surface area contributed by atoms with Gasteiger partial charge in [0.2, 0.25) is 17.7 Å². The number of nitrogens with one attached hydrogen (secondary N) is 3. The topological polar surface area (TPSA) is 241 Å². The summed E-state index contributed by atoms with van der Waals surface area (Å²) < 4.78 is 64.7. The molecule has 0 aromatic rings. The Hall–Kier alpha value is -2.44. The van der Waals surface area contributed by atoms with Crippen molar-refractivity contribution in [3.8, 4) is 0 Å². The Balaban J connectivity index is 4.23. The van der Waals surface area contributed by atoms with Gasteiger partial charge in [0.15, 0.2) is 5.78 Å². The van der Waals surface area contributed by atoms with Gasteiger partial charge in [0.1, 0.15) is 19.8 Å². The number of Topliss-reactive ketones (excluding diaryl/α,β-unsaturated/α-hetero) is 1. The molecular formula is C41H80N4O16. The molecule has 0 heterocycles. The molecule has 0 bridgehead atoms. The summed E-state index contributed by atoms with van der Waals surface area (Å²) >= 11 is 0. The monoisotopic (exact) mass is 885 g/mol. The van der Waals surface area contributed by atoms with Crippen LogP contribution in [-0.2, 0) is 76.0 Å². The van der Waals surface area contributed by atoms with Crippen molar-refractivity contribution in [2.75, 3.05) is 178 Å². The van der Waals surface area contributed by atoms with Crippen LogP contribution >= 0.6 is 0 Å². The van der Waals surface area contributed by atoms with Crippen molar-refractivity contribution in [3.05, 3.63) is 0 Å². The van der Waals surface area contributed by atoms with Gasteiger partial charge in [0, 0.05) is 45.9 Å². The molecule has 0 aliphatic heterocycles. The molecule has 0 unspecified atom stereocenters. The standard InChI is InChI=1S/C41H80N4O16/c1-3-13-50-18-23-55-25-20-52-15-7-9-38(46)37(8-5-6-11-43-39(47)34-59-31-28-56-24-19-51-14-4-2)45-41(49)36-61-33-30-58-27-22-54-17-12-44-40(48)35-60-32-29-57-26-21-53-16-10-42/h37H,3-36,42H2,1-2H3,(H,43,47)(H,44,48)(H,45,49)/t37-/m0/s1. The Morgan fingerprint density at radius 3 is 1.25 bits per heavy atom. The van der Waals surface area contributed by atoms with E-state index in [2.05, 4.69) is 16.0 Å². The van der Waals surface area contributed by atoms with Crippen molar-refractivity contribution in [1.29, 1.82) is 0 Å². The number of hydrogen-bond donors (Lipinski definition) is 4. The molecule has 1 atom stereocenters. The van der Waals surface area contributed by atoms with E-state index in [1.165, 1.54) is 0 Å². The molecule has 3 amide bonds. The summed E-state index contributed by atoms with van der Waals surface area (Å²) in [5.41, 5.74) is 5.33. The molecule has 20 nitrogen and oxygen atoms in total. The maximum absolute atomic E-state index is 13.1. The highest BCUT2D eigenvalue weighted by molar-refractivity contribution is 5.89. The molecule has 0 aromatic heterocycles. The van der Waals surface area contributed by atoms with Gasteiger partial charge >= 0.3 is 0 Å². The first kappa shape index (κ1) is 58.6. The van der Waals surface area contributed by atoms with E-state index in [1.54, 1.807) is 0 Å². The molecule has 0 saturated heterocycles. The third-order valence-corrected chi connectivity index (χ3v) is 7.88. The van der Waals surface area contributed by atoms with E-state index in [0.29, 0.717) is 171 Å². The van der Waals surface area contributed by atoms with Gasteiger partial charge in [-0.15, -0.1) is 0 Å². The van der Waals surface area contributed by atoms with Gasteiger partial charge < -0.3 is 78.5 Å². The Kier molecular flexibility index (Phi) is 46.6. The molecule has 61 heavy (non-hydrogen) atoms. The van der Waals surface area contributed by atoms with Gasteiger partial charge in [-0.25, -0.2) is 0 Å². The van der Waals surface area contributed by atoms with Crippen LogP contribution in [0, 0.1) is 0 Å². The van der Waals surface area contributed by atoms with Crippen LogP contribution in [0.2, 0.25) is 0 Å². The van der Waals surface area contributed by atoms with Crippen LogP contribution in [0.5, 0.6) is 0 Å². The zero-order chi connectivity index (χ0) is 44.5. The number of amides is 3. The SMILES string of the molecule is CCCOCCOCCOCCCC(=O)[C@H](CCCCNC(=O)COCCOCCOCCC)NC(=O)COCCOCCOCCNC(=O)COCCOCCOCCN. The highest BCUT2D eigenvalue weighted by Gasteiger charge is 2.20. The van der Waals surface area contributed by atoms with Gasteiger partial charge in [0.25, 0.3) is 0 Å². The zero-order valence-corrected chi connectivity index (χ0v) is 37.2. The van der Waals surface area contributed by atoms with E-state index in [0.717, 1.165) is 12.8 Å². The number of ether oxygens (including phenoxy) is 12. The fraction of sp³-hybridized carbons (Fsp3) is 0.902. The second kappa shape index (κ2) is 48.6. The largest absolute Gasteiger partial charge is 0.379 e. The molecule has 0 fully saturated rings. The minimum atomic E-state index is -0.697. The third-order valence-electron chi connectivity index (χ3n) is 7.88. The Morgan fingerprint density at radius 1 is 0.410 bits per heavy atom. The lowest BCUT2D eigenvalue weighted by atomic mass is 10.0. The Morgan fingerprint density at radius 2 is 0.787 bits per heavy atom. The molecule has 0 saturated carbocycles. The maximum atomic E-state index is 13.1. The van der Waals surface area contributed by atoms with Gasteiger partial charge in [-0.3, -0.25) is 19.2 Å². The molecule has 0 radical (unpaired) electrons. The smallest absolute Gasteiger partial charge is 0.246 e. The van der Waals surface area contributed by atoms with E-state index in [-0.39, 0.29) is 57.1 Å². The summed E-state index contributed by atoms with van der Waals surface area (Å²) in [7, 11) is 0. The summed E-state index contributed by atoms with van der Waals surface area (Å²) in [6.45, 7) is 13.8. The van der Waals surface area contributed by atoms with E-state index in [4.69, 9.17) is 62.6 Å². The van der Waals surface area contributed by atoms with Gasteiger partial charge in [-0.05, 0) is 38.5 Å². The lowest BCUT2D eigenvalue weighted by molar-refractivity contribution is -0.131. The summed E-state index contributed by atoms with van der Waals surface area (Å²) in [4.78, 5) is 49.8. The quantitative estimate of drug-likeness (QED) is 0.0597. The van der Waals surface area contributed by atoms with E-state index in [1.807, 2.05) is 13.8 Å². The number of carbonyl (C=O) groups excluding carboxylic acids is 4. The van der Waals surface area contributed by atoms with Gasteiger partial charge in [0.05, 0.1) is 125 Å². The van der Waals surface area contributed by atoms with Crippen molar-refractivity contribution in [2.45, 2.75) is 64.8 Å². The maximum Gasteiger partial charge on any atom is 0.246 e. The number of hydrogen-bond acceptors (Lipinski definition) is 17. The van der Waals surface area contributed by atoms with Gasteiger partial charge in [-0.1, -0.05) is 13.8 Å². The van der Waals surface area contributed by atoms with Gasteiger partial charge in [-0.2, -0.15) is 0 Å².